The minimum Gasteiger partial charge on any atom is -0.353 e. The lowest BCUT2D eigenvalue weighted by atomic mass is 10.0. The van der Waals surface area contributed by atoms with Gasteiger partial charge in [0, 0.05) is 17.2 Å². The summed E-state index contributed by atoms with van der Waals surface area (Å²) in [5.74, 6) is 0.247. The minimum atomic E-state index is -0.0219. The Kier molecular flexibility index (Phi) is 6.54. The summed E-state index contributed by atoms with van der Waals surface area (Å²) in [7, 11) is 0. The summed E-state index contributed by atoms with van der Waals surface area (Å²) in [6, 6.07) is 20.0. The van der Waals surface area contributed by atoms with Crippen molar-refractivity contribution in [3.8, 4) is 22.5 Å². The lowest BCUT2D eigenvalue weighted by molar-refractivity contribution is -0.119. The second-order valence-electron chi connectivity index (χ2n) is 6.19. The van der Waals surface area contributed by atoms with E-state index < -0.39 is 0 Å². The molecule has 27 heavy (non-hydrogen) atoms. The third-order valence-corrected chi connectivity index (χ3v) is 4.95. The van der Waals surface area contributed by atoms with Crippen LogP contribution >= 0.6 is 11.8 Å². The molecule has 3 rings (SSSR count). The highest BCUT2D eigenvalue weighted by Crippen LogP contribution is 2.29. The standard InChI is InChI=1S/C21H22N4OS/c1-3-15(2)22-18(26)14-27-21-23-19(16-10-6-4-7-11-16)20(24-25-21)17-12-8-5-9-13-17/h4-13,15H,3,14H2,1-2H3,(H,22,26)/t15-/m1/s1. The summed E-state index contributed by atoms with van der Waals surface area (Å²) >= 11 is 1.30. The number of carbonyl (C=O) groups is 1. The Hall–Kier alpha value is -2.73. The zero-order valence-corrected chi connectivity index (χ0v) is 16.2. The van der Waals surface area contributed by atoms with E-state index in [2.05, 4.69) is 15.5 Å². The Morgan fingerprint density at radius 1 is 0.963 bits per heavy atom. The van der Waals surface area contributed by atoms with E-state index in [1.165, 1.54) is 11.8 Å². The van der Waals surface area contributed by atoms with Gasteiger partial charge in [-0.1, -0.05) is 79.3 Å². The van der Waals surface area contributed by atoms with E-state index in [1.807, 2.05) is 74.5 Å². The van der Waals surface area contributed by atoms with Crippen molar-refractivity contribution in [2.75, 3.05) is 5.75 Å². The fourth-order valence-corrected chi connectivity index (χ4v) is 3.11. The molecule has 1 amide bonds. The molecule has 0 aliphatic carbocycles. The van der Waals surface area contributed by atoms with Gasteiger partial charge in [0.05, 0.1) is 5.75 Å². The zero-order valence-electron chi connectivity index (χ0n) is 15.4. The van der Waals surface area contributed by atoms with Gasteiger partial charge in [-0.05, 0) is 13.3 Å². The van der Waals surface area contributed by atoms with Crippen LogP contribution in [0.3, 0.4) is 0 Å². The first-order chi connectivity index (χ1) is 13.2. The van der Waals surface area contributed by atoms with E-state index >= 15 is 0 Å². The molecule has 1 aromatic heterocycles. The third-order valence-electron chi connectivity index (χ3n) is 4.11. The van der Waals surface area contributed by atoms with Crippen LogP contribution in [0.4, 0.5) is 0 Å². The Bertz CT molecular complexity index is 887. The fraction of sp³-hybridized carbons (Fsp3) is 0.238. The van der Waals surface area contributed by atoms with Crippen LogP contribution in [0.1, 0.15) is 20.3 Å². The number of nitrogens with zero attached hydrogens (tertiary/aromatic N) is 3. The predicted octanol–water partition coefficient (Wildman–Crippen LogP) is 4.21. The summed E-state index contributed by atoms with van der Waals surface area (Å²) in [5.41, 5.74) is 3.43. The second kappa shape index (κ2) is 9.28. The van der Waals surface area contributed by atoms with Crippen molar-refractivity contribution in [2.45, 2.75) is 31.5 Å². The molecule has 0 saturated carbocycles. The van der Waals surface area contributed by atoms with Gasteiger partial charge in [-0.2, -0.15) is 0 Å². The van der Waals surface area contributed by atoms with Crippen LogP contribution in [-0.4, -0.2) is 32.9 Å². The van der Waals surface area contributed by atoms with Crippen molar-refractivity contribution in [1.82, 2.24) is 20.5 Å². The molecule has 1 N–H and O–H groups in total. The highest BCUT2D eigenvalue weighted by molar-refractivity contribution is 7.99. The topological polar surface area (TPSA) is 67.8 Å². The van der Waals surface area contributed by atoms with Crippen molar-refractivity contribution < 1.29 is 4.79 Å². The molecule has 6 heteroatoms. The maximum Gasteiger partial charge on any atom is 0.230 e. The van der Waals surface area contributed by atoms with Gasteiger partial charge in [-0.3, -0.25) is 4.79 Å². The normalized spacial score (nSPS) is 11.8. The molecule has 1 heterocycles. The van der Waals surface area contributed by atoms with Crippen LogP contribution in [0.25, 0.3) is 22.5 Å². The smallest absolute Gasteiger partial charge is 0.230 e. The largest absolute Gasteiger partial charge is 0.353 e. The number of hydrogen-bond acceptors (Lipinski definition) is 5. The summed E-state index contributed by atoms with van der Waals surface area (Å²) in [6.07, 6.45) is 0.901. The molecule has 0 aliphatic heterocycles. The van der Waals surface area contributed by atoms with E-state index in [-0.39, 0.29) is 17.7 Å². The minimum absolute atomic E-state index is 0.0219. The second-order valence-corrected chi connectivity index (χ2v) is 7.13. The molecule has 0 fully saturated rings. The first-order valence-electron chi connectivity index (χ1n) is 8.95. The van der Waals surface area contributed by atoms with Gasteiger partial charge in [0.15, 0.2) is 0 Å². The van der Waals surface area contributed by atoms with Gasteiger partial charge < -0.3 is 5.32 Å². The first kappa shape index (κ1) is 19.0. The van der Waals surface area contributed by atoms with Gasteiger partial charge >= 0.3 is 0 Å². The highest BCUT2D eigenvalue weighted by atomic mass is 32.2. The number of aromatic nitrogens is 3. The van der Waals surface area contributed by atoms with Gasteiger partial charge in [0.1, 0.15) is 11.4 Å². The van der Waals surface area contributed by atoms with Crippen molar-refractivity contribution in [3.63, 3.8) is 0 Å². The number of rotatable bonds is 7. The molecule has 0 unspecified atom stereocenters. The SMILES string of the molecule is CC[C@@H](C)NC(=O)CSc1nnc(-c2ccccc2)c(-c2ccccc2)n1. The van der Waals surface area contributed by atoms with Crippen molar-refractivity contribution in [1.29, 1.82) is 0 Å². The zero-order chi connectivity index (χ0) is 19.1. The van der Waals surface area contributed by atoms with Crippen LogP contribution in [0, 0.1) is 0 Å². The molecular formula is C21H22N4OS. The van der Waals surface area contributed by atoms with E-state index in [0.717, 1.165) is 28.9 Å². The quantitative estimate of drug-likeness (QED) is 0.624. The van der Waals surface area contributed by atoms with Crippen LogP contribution in [0.15, 0.2) is 65.8 Å². The lowest BCUT2D eigenvalue weighted by Gasteiger charge is -2.11. The molecule has 1 atom stereocenters. The third kappa shape index (κ3) is 5.14. The summed E-state index contributed by atoms with van der Waals surface area (Å²) in [5, 5.41) is 12.1. The predicted molar refractivity (Wildman–Crippen MR) is 109 cm³/mol. The molecule has 0 radical (unpaired) electrons. The highest BCUT2D eigenvalue weighted by Gasteiger charge is 2.15. The lowest BCUT2D eigenvalue weighted by Crippen LogP contribution is -2.33. The molecule has 0 bridgehead atoms. The number of hydrogen-bond donors (Lipinski definition) is 1. The molecule has 0 aliphatic rings. The van der Waals surface area contributed by atoms with Crippen LogP contribution in [-0.2, 0) is 4.79 Å². The Morgan fingerprint density at radius 3 is 2.15 bits per heavy atom. The summed E-state index contributed by atoms with van der Waals surface area (Å²) in [4.78, 5) is 16.7. The molecule has 0 saturated heterocycles. The number of benzene rings is 2. The molecule has 2 aromatic carbocycles. The number of nitrogens with one attached hydrogen (secondary N) is 1. The monoisotopic (exact) mass is 378 g/mol. The van der Waals surface area contributed by atoms with Crippen LogP contribution in [0.2, 0.25) is 0 Å². The summed E-state index contributed by atoms with van der Waals surface area (Å²) < 4.78 is 0. The van der Waals surface area contributed by atoms with E-state index in [1.54, 1.807) is 0 Å². The van der Waals surface area contributed by atoms with Gasteiger partial charge in [0.25, 0.3) is 0 Å². The first-order valence-corrected chi connectivity index (χ1v) is 9.93. The average Bonchev–Trinajstić information content (AvgIpc) is 2.73. The van der Waals surface area contributed by atoms with Crippen molar-refractivity contribution in [2.24, 2.45) is 0 Å². The maximum atomic E-state index is 12.0. The van der Waals surface area contributed by atoms with E-state index in [0.29, 0.717) is 5.16 Å². The number of thioether (sulfide) groups is 1. The number of carbonyl (C=O) groups excluding carboxylic acids is 1. The molecule has 3 aromatic rings. The fourth-order valence-electron chi connectivity index (χ4n) is 2.51. The van der Waals surface area contributed by atoms with Gasteiger partial charge in [0.2, 0.25) is 11.1 Å². The Labute approximate surface area is 163 Å². The van der Waals surface area contributed by atoms with Crippen LogP contribution in [0.5, 0.6) is 0 Å². The molecular weight excluding hydrogens is 356 g/mol. The van der Waals surface area contributed by atoms with E-state index in [9.17, 15) is 4.79 Å². The van der Waals surface area contributed by atoms with Crippen molar-refractivity contribution in [3.05, 3.63) is 60.7 Å². The van der Waals surface area contributed by atoms with Gasteiger partial charge in [-0.15, -0.1) is 10.2 Å². The average molecular weight is 379 g/mol. The van der Waals surface area contributed by atoms with Gasteiger partial charge in [-0.25, -0.2) is 4.98 Å². The summed E-state index contributed by atoms with van der Waals surface area (Å²) in [6.45, 7) is 4.03. The van der Waals surface area contributed by atoms with E-state index in [4.69, 9.17) is 4.98 Å². The molecule has 138 valence electrons. The van der Waals surface area contributed by atoms with Crippen molar-refractivity contribution >= 4 is 17.7 Å². The maximum absolute atomic E-state index is 12.0. The Morgan fingerprint density at radius 2 is 1.56 bits per heavy atom. The molecule has 5 nitrogen and oxygen atoms in total. The number of amides is 1. The Balaban J connectivity index is 1.87. The van der Waals surface area contributed by atoms with Crippen LogP contribution < -0.4 is 5.32 Å². The molecule has 0 spiro atoms.